The average Bonchev–Trinajstić information content (AvgIpc) is 2.55. The van der Waals surface area contributed by atoms with Crippen molar-refractivity contribution in [2.45, 2.75) is 45.1 Å². The van der Waals surface area contributed by atoms with Crippen LogP contribution in [0.2, 0.25) is 0 Å². The largest absolute Gasteiger partial charge is 0.399 e. The van der Waals surface area contributed by atoms with Crippen LogP contribution in [0.15, 0.2) is 48.5 Å². The number of hydrogen-bond acceptors (Lipinski definition) is 2. The molecule has 1 aliphatic carbocycles. The Morgan fingerprint density at radius 1 is 1.17 bits per heavy atom. The highest BCUT2D eigenvalue weighted by atomic mass is 16.2. The van der Waals surface area contributed by atoms with E-state index in [0.717, 1.165) is 30.5 Å². The monoisotopic (exact) mass is 322 g/mol. The topological polar surface area (TPSA) is 55.1 Å². The Balaban J connectivity index is 1.82. The lowest BCUT2D eigenvalue weighted by atomic mass is 9.84. The molecular weight excluding hydrogens is 296 g/mol. The number of nitrogen functional groups attached to an aromatic ring is 1. The molecule has 3 rings (SSSR count). The first-order valence-corrected chi connectivity index (χ1v) is 8.80. The second-order valence-corrected chi connectivity index (χ2v) is 7.04. The summed E-state index contributed by atoms with van der Waals surface area (Å²) in [7, 11) is 0. The maximum atomic E-state index is 13.0. The smallest absolute Gasteiger partial charge is 0.228 e. The molecule has 3 nitrogen and oxygen atoms in total. The molecule has 0 fully saturated rings. The fraction of sp³-hybridized carbons (Fsp3) is 0.381. The highest BCUT2D eigenvalue weighted by Gasteiger charge is 2.28. The first-order valence-electron chi connectivity index (χ1n) is 8.80. The van der Waals surface area contributed by atoms with E-state index in [2.05, 4.69) is 25.2 Å². The first kappa shape index (κ1) is 16.6. The summed E-state index contributed by atoms with van der Waals surface area (Å²) >= 11 is 0. The van der Waals surface area contributed by atoms with Gasteiger partial charge in [0.25, 0.3) is 0 Å². The van der Waals surface area contributed by atoms with Crippen molar-refractivity contribution in [2.24, 2.45) is 5.92 Å². The van der Waals surface area contributed by atoms with E-state index in [1.807, 2.05) is 42.5 Å². The fourth-order valence-electron chi connectivity index (χ4n) is 3.75. The molecule has 126 valence electrons. The van der Waals surface area contributed by atoms with Gasteiger partial charge < -0.3 is 11.1 Å². The Morgan fingerprint density at radius 3 is 2.62 bits per heavy atom. The van der Waals surface area contributed by atoms with Crippen LogP contribution in [0.4, 0.5) is 5.69 Å². The molecule has 24 heavy (non-hydrogen) atoms. The van der Waals surface area contributed by atoms with E-state index in [1.54, 1.807) is 0 Å². The molecular formula is C21H26N2O. The number of amides is 1. The van der Waals surface area contributed by atoms with Crippen LogP contribution in [-0.2, 0) is 11.2 Å². The third-order valence-electron chi connectivity index (χ3n) is 4.91. The number of rotatable bonds is 4. The molecule has 0 aliphatic heterocycles. The summed E-state index contributed by atoms with van der Waals surface area (Å²) in [5.74, 6) is 0.248. The summed E-state index contributed by atoms with van der Waals surface area (Å²) < 4.78 is 0. The first-order chi connectivity index (χ1) is 11.6. The summed E-state index contributed by atoms with van der Waals surface area (Å²) in [5.41, 5.74) is 10.3. The molecule has 0 saturated carbocycles. The summed E-state index contributed by atoms with van der Waals surface area (Å²) in [6.45, 7) is 4.21. The van der Waals surface area contributed by atoms with Gasteiger partial charge in [0.2, 0.25) is 5.91 Å². The molecule has 0 saturated heterocycles. The van der Waals surface area contributed by atoms with Gasteiger partial charge in [-0.1, -0.05) is 50.2 Å². The second kappa shape index (κ2) is 7.08. The second-order valence-electron chi connectivity index (χ2n) is 7.04. The normalized spacial score (nSPS) is 18.0. The molecule has 0 aromatic heterocycles. The standard InChI is InChI=1S/C21H26N2O/c1-14(2)20(15-7-4-3-5-8-15)21(24)23-19-10-6-9-16-13-17(22)11-12-18(16)19/h3-5,7-8,11-14,19-20H,6,9-10,22H2,1-2H3,(H,23,24). The third-order valence-corrected chi connectivity index (χ3v) is 4.91. The molecule has 3 N–H and O–H groups in total. The molecule has 1 aliphatic rings. The molecule has 2 aromatic carbocycles. The van der Waals surface area contributed by atoms with Gasteiger partial charge in [-0.25, -0.2) is 0 Å². The van der Waals surface area contributed by atoms with Gasteiger partial charge in [0.05, 0.1) is 12.0 Å². The Morgan fingerprint density at radius 2 is 1.92 bits per heavy atom. The highest BCUT2D eigenvalue weighted by Crippen LogP contribution is 2.32. The molecule has 0 heterocycles. The van der Waals surface area contributed by atoms with Gasteiger partial charge in [-0.2, -0.15) is 0 Å². The maximum absolute atomic E-state index is 13.0. The maximum Gasteiger partial charge on any atom is 0.228 e. The zero-order valence-electron chi connectivity index (χ0n) is 14.5. The highest BCUT2D eigenvalue weighted by molar-refractivity contribution is 5.84. The molecule has 0 bridgehead atoms. The van der Waals surface area contributed by atoms with Gasteiger partial charge in [-0.15, -0.1) is 0 Å². The summed E-state index contributed by atoms with van der Waals surface area (Å²) in [6, 6.07) is 16.2. The number of hydrogen-bond donors (Lipinski definition) is 2. The zero-order valence-corrected chi connectivity index (χ0v) is 14.5. The minimum absolute atomic E-state index is 0.0896. The van der Waals surface area contributed by atoms with Gasteiger partial charge in [0.15, 0.2) is 0 Å². The van der Waals surface area contributed by atoms with Crippen LogP contribution in [0.1, 0.15) is 55.3 Å². The van der Waals surface area contributed by atoms with E-state index in [1.165, 1.54) is 11.1 Å². The number of anilines is 1. The van der Waals surface area contributed by atoms with Crippen molar-refractivity contribution in [3.8, 4) is 0 Å². The van der Waals surface area contributed by atoms with Gasteiger partial charge >= 0.3 is 0 Å². The van der Waals surface area contributed by atoms with E-state index in [0.29, 0.717) is 0 Å². The summed E-state index contributed by atoms with van der Waals surface area (Å²) in [5, 5.41) is 3.29. The minimum atomic E-state index is -0.120. The van der Waals surface area contributed by atoms with Crippen molar-refractivity contribution >= 4 is 11.6 Å². The summed E-state index contributed by atoms with van der Waals surface area (Å²) in [6.07, 6.45) is 3.11. The number of carbonyl (C=O) groups excluding carboxylic acids is 1. The minimum Gasteiger partial charge on any atom is -0.399 e. The molecule has 3 heteroatoms. The Bertz CT molecular complexity index is 709. The number of aryl methyl sites for hydroxylation is 1. The van der Waals surface area contributed by atoms with Crippen LogP contribution in [0.5, 0.6) is 0 Å². The molecule has 0 spiro atoms. The molecule has 2 aromatic rings. The molecule has 1 amide bonds. The SMILES string of the molecule is CC(C)C(C(=O)NC1CCCc2cc(N)ccc21)c1ccccc1. The number of fused-ring (bicyclic) bond motifs is 1. The van der Waals surface area contributed by atoms with Gasteiger partial charge in [-0.05, 0) is 54.0 Å². The van der Waals surface area contributed by atoms with E-state index < -0.39 is 0 Å². The lowest BCUT2D eigenvalue weighted by Crippen LogP contribution is -2.36. The van der Waals surface area contributed by atoms with Crippen LogP contribution in [0.3, 0.4) is 0 Å². The van der Waals surface area contributed by atoms with Crippen molar-refractivity contribution in [3.63, 3.8) is 0 Å². The number of nitrogens with one attached hydrogen (secondary N) is 1. The van der Waals surface area contributed by atoms with E-state index in [4.69, 9.17) is 5.73 Å². The lowest BCUT2D eigenvalue weighted by molar-refractivity contribution is -0.124. The molecule has 2 unspecified atom stereocenters. The quantitative estimate of drug-likeness (QED) is 0.829. The van der Waals surface area contributed by atoms with E-state index in [-0.39, 0.29) is 23.8 Å². The predicted octanol–water partition coefficient (Wildman–Crippen LogP) is 4.20. The predicted molar refractivity (Wildman–Crippen MR) is 98.7 cm³/mol. The van der Waals surface area contributed by atoms with Crippen LogP contribution in [0, 0.1) is 5.92 Å². The van der Waals surface area contributed by atoms with Crippen molar-refractivity contribution in [1.29, 1.82) is 0 Å². The van der Waals surface area contributed by atoms with Gasteiger partial charge in [0.1, 0.15) is 0 Å². The van der Waals surface area contributed by atoms with E-state index in [9.17, 15) is 4.79 Å². The molecule has 0 radical (unpaired) electrons. The van der Waals surface area contributed by atoms with Gasteiger partial charge in [0, 0.05) is 5.69 Å². The van der Waals surface area contributed by atoms with Crippen LogP contribution < -0.4 is 11.1 Å². The third kappa shape index (κ3) is 3.45. The Kier molecular flexibility index (Phi) is 4.89. The Labute approximate surface area is 144 Å². The lowest BCUT2D eigenvalue weighted by Gasteiger charge is -2.29. The summed E-state index contributed by atoms with van der Waals surface area (Å²) in [4.78, 5) is 13.0. The van der Waals surface area contributed by atoms with E-state index >= 15 is 0 Å². The van der Waals surface area contributed by atoms with Crippen molar-refractivity contribution in [3.05, 3.63) is 65.2 Å². The average molecular weight is 322 g/mol. The van der Waals surface area contributed by atoms with Crippen LogP contribution in [-0.4, -0.2) is 5.91 Å². The Hall–Kier alpha value is -2.29. The zero-order chi connectivity index (χ0) is 17.1. The number of nitrogens with two attached hydrogens (primary N) is 1. The van der Waals surface area contributed by atoms with Crippen molar-refractivity contribution < 1.29 is 4.79 Å². The van der Waals surface area contributed by atoms with Crippen molar-refractivity contribution in [1.82, 2.24) is 5.32 Å². The van der Waals surface area contributed by atoms with Crippen molar-refractivity contribution in [2.75, 3.05) is 5.73 Å². The molecule has 2 atom stereocenters. The fourth-order valence-corrected chi connectivity index (χ4v) is 3.75. The van der Waals surface area contributed by atoms with Crippen LogP contribution in [0.25, 0.3) is 0 Å². The number of benzene rings is 2. The van der Waals surface area contributed by atoms with Gasteiger partial charge in [-0.3, -0.25) is 4.79 Å². The van der Waals surface area contributed by atoms with Crippen LogP contribution >= 0.6 is 0 Å². The number of carbonyl (C=O) groups is 1.